The van der Waals surface area contributed by atoms with Gasteiger partial charge in [-0.2, -0.15) is 0 Å². The maximum Gasteiger partial charge on any atom is 0.180 e. The highest BCUT2D eigenvalue weighted by Crippen LogP contribution is 2.07. The highest BCUT2D eigenvalue weighted by Gasteiger charge is 2.15. The van der Waals surface area contributed by atoms with Crippen LogP contribution in [0.1, 0.15) is 58.8 Å². The average molecular weight is 218 g/mol. The minimum Gasteiger partial charge on any atom is -0.388 e. The first-order chi connectivity index (χ1) is 7.22. The number of hydrogen-bond donors (Lipinski definition) is 2. The Bertz CT molecular complexity index is 128. The van der Waals surface area contributed by atoms with Crippen LogP contribution in [0.15, 0.2) is 0 Å². The van der Waals surface area contributed by atoms with Crippen LogP contribution in [0.5, 0.6) is 0 Å². The molecule has 0 aliphatic heterocycles. The van der Waals surface area contributed by atoms with Gasteiger partial charge in [0.25, 0.3) is 0 Å². The summed E-state index contributed by atoms with van der Waals surface area (Å²) in [5.41, 5.74) is 0. The van der Waals surface area contributed by atoms with Crippen LogP contribution in [0.25, 0.3) is 0 Å². The maximum atomic E-state index is 9.48. The zero-order chi connectivity index (χ0) is 11.5. The number of unbranched alkanes of at least 4 members (excludes halogenated alkanes) is 4. The Morgan fingerprint density at radius 1 is 0.933 bits per heavy atom. The van der Waals surface area contributed by atoms with Gasteiger partial charge in [-0.05, 0) is 12.8 Å². The van der Waals surface area contributed by atoms with Crippen molar-refractivity contribution in [3.05, 3.63) is 0 Å². The summed E-state index contributed by atoms with van der Waals surface area (Å²) in [7, 11) is 0. The number of aliphatic hydroxyl groups is 2. The zero-order valence-electron chi connectivity index (χ0n) is 10.1. The van der Waals surface area contributed by atoms with Crippen LogP contribution in [-0.4, -0.2) is 29.2 Å². The van der Waals surface area contributed by atoms with Crippen molar-refractivity contribution < 1.29 is 14.9 Å². The van der Waals surface area contributed by atoms with E-state index in [2.05, 4.69) is 13.8 Å². The van der Waals surface area contributed by atoms with Crippen molar-refractivity contribution >= 4 is 0 Å². The van der Waals surface area contributed by atoms with E-state index in [1.165, 1.54) is 12.8 Å². The summed E-state index contributed by atoms with van der Waals surface area (Å²) in [6.45, 7) is 4.76. The molecule has 2 atom stereocenters. The normalized spacial score (nSPS) is 15.2. The molecule has 0 aromatic heterocycles. The van der Waals surface area contributed by atoms with E-state index in [1.807, 2.05) is 0 Å². The van der Waals surface area contributed by atoms with Crippen LogP contribution in [0.4, 0.5) is 0 Å². The third-order valence-electron chi connectivity index (χ3n) is 2.47. The van der Waals surface area contributed by atoms with Crippen molar-refractivity contribution in [3.63, 3.8) is 0 Å². The fourth-order valence-electron chi connectivity index (χ4n) is 1.40. The van der Waals surface area contributed by atoms with Gasteiger partial charge in [0.05, 0.1) is 0 Å². The van der Waals surface area contributed by atoms with Gasteiger partial charge in [-0.15, -0.1) is 0 Å². The molecular formula is C12H26O3. The van der Waals surface area contributed by atoms with Gasteiger partial charge in [0.1, 0.15) is 6.10 Å². The Morgan fingerprint density at radius 2 is 1.60 bits per heavy atom. The van der Waals surface area contributed by atoms with Crippen molar-refractivity contribution in [2.45, 2.75) is 71.2 Å². The highest BCUT2D eigenvalue weighted by molar-refractivity contribution is 4.58. The molecule has 0 aliphatic carbocycles. The molecule has 15 heavy (non-hydrogen) atoms. The molecule has 0 aliphatic rings. The molecule has 0 bridgehead atoms. The third-order valence-corrected chi connectivity index (χ3v) is 2.47. The van der Waals surface area contributed by atoms with Crippen LogP contribution >= 0.6 is 0 Å². The summed E-state index contributed by atoms with van der Waals surface area (Å²) in [6, 6.07) is 0. The van der Waals surface area contributed by atoms with Gasteiger partial charge in [-0.1, -0.05) is 46.0 Å². The summed E-state index contributed by atoms with van der Waals surface area (Å²) in [6.07, 6.45) is 5.35. The second-order valence-corrected chi connectivity index (χ2v) is 4.03. The van der Waals surface area contributed by atoms with Crippen molar-refractivity contribution in [1.82, 2.24) is 0 Å². The molecule has 0 spiro atoms. The molecule has 0 amide bonds. The zero-order valence-corrected chi connectivity index (χ0v) is 10.1. The lowest BCUT2D eigenvalue weighted by Crippen LogP contribution is -2.28. The molecule has 92 valence electrons. The first-order valence-corrected chi connectivity index (χ1v) is 6.20. The Hall–Kier alpha value is -0.120. The van der Waals surface area contributed by atoms with Gasteiger partial charge >= 0.3 is 0 Å². The monoisotopic (exact) mass is 218 g/mol. The second-order valence-electron chi connectivity index (χ2n) is 4.03. The quantitative estimate of drug-likeness (QED) is 0.437. The fraction of sp³-hybridized carbons (Fsp3) is 1.00. The minimum atomic E-state index is -1.00. The maximum absolute atomic E-state index is 9.48. The summed E-state index contributed by atoms with van der Waals surface area (Å²) < 4.78 is 5.15. The number of ether oxygens (including phenoxy) is 1. The van der Waals surface area contributed by atoms with Gasteiger partial charge in [-0.3, -0.25) is 0 Å². The smallest absolute Gasteiger partial charge is 0.180 e. The van der Waals surface area contributed by atoms with E-state index in [9.17, 15) is 10.2 Å². The summed E-state index contributed by atoms with van der Waals surface area (Å²) in [5, 5.41) is 18.9. The van der Waals surface area contributed by atoms with E-state index in [4.69, 9.17) is 4.74 Å². The lowest BCUT2D eigenvalue weighted by Gasteiger charge is -2.17. The topological polar surface area (TPSA) is 49.7 Å². The van der Waals surface area contributed by atoms with E-state index in [1.54, 1.807) is 0 Å². The van der Waals surface area contributed by atoms with Crippen molar-refractivity contribution in [3.8, 4) is 0 Å². The third kappa shape index (κ3) is 8.85. The van der Waals surface area contributed by atoms with Crippen LogP contribution < -0.4 is 0 Å². The molecule has 0 aromatic rings. The molecule has 2 unspecified atom stereocenters. The molecule has 0 aromatic carbocycles. The fourth-order valence-corrected chi connectivity index (χ4v) is 1.40. The summed E-state index contributed by atoms with van der Waals surface area (Å²) in [4.78, 5) is 0. The van der Waals surface area contributed by atoms with Crippen molar-refractivity contribution in [1.29, 1.82) is 0 Å². The first-order valence-electron chi connectivity index (χ1n) is 6.20. The van der Waals surface area contributed by atoms with Gasteiger partial charge < -0.3 is 14.9 Å². The van der Waals surface area contributed by atoms with Gasteiger partial charge in [-0.25, -0.2) is 0 Å². The largest absolute Gasteiger partial charge is 0.388 e. The molecule has 0 saturated heterocycles. The molecule has 2 N–H and O–H groups in total. The van der Waals surface area contributed by atoms with E-state index in [0.717, 1.165) is 25.7 Å². The highest BCUT2D eigenvalue weighted by atomic mass is 16.6. The van der Waals surface area contributed by atoms with E-state index in [-0.39, 0.29) is 0 Å². The Morgan fingerprint density at radius 3 is 2.20 bits per heavy atom. The SMILES string of the molecule is CCCCCCOC(O)C(O)CCCC. The predicted molar refractivity (Wildman–Crippen MR) is 61.6 cm³/mol. The molecule has 0 saturated carbocycles. The first kappa shape index (κ1) is 14.9. The van der Waals surface area contributed by atoms with Gasteiger partial charge in [0.15, 0.2) is 6.29 Å². The average Bonchev–Trinajstić information content (AvgIpc) is 2.25. The summed E-state index contributed by atoms with van der Waals surface area (Å²) in [5.74, 6) is 0. The van der Waals surface area contributed by atoms with Crippen molar-refractivity contribution in [2.75, 3.05) is 6.61 Å². The standard InChI is InChI=1S/C12H26O3/c1-3-5-7-8-10-15-12(14)11(13)9-6-4-2/h11-14H,3-10H2,1-2H3. The molecule has 0 heterocycles. The van der Waals surface area contributed by atoms with Gasteiger partial charge in [0, 0.05) is 6.61 Å². The lowest BCUT2D eigenvalue weighted by atomic mass is 10.1. The van der Waals surface area contributed by atoms with E-state index in [0.29, 0.717) is 13.0 Å². The van der Waals surface area contributed by atoms with Crippen LogP contribution in [0, 0.1) is 0 Å². The molecular weight excluding hydrogens is 192 g/mol. The number of rotatable bonds is 10. The van der Waals surface area contributed by atoms with Crippen molar-refractivity contribution in [2.24, 2.45) is 0 Å². The molecule has 0 fully saturated rings. The number of aliphatic hydroxyl groups excluding tert-OH is 2. The van der Waals surface area contributed by atoms with Crippen LogP contribution in [-0.2, 0) is 4.74 Å². The minimum absolute atomic E-state index is 0.546. The Labute approximate surface area is 93.5 Å². The lowest BCUT2D eigenvalue weighted by molar-refractivity contribution is -0.163. The molecule has 0 radical (unpaired) electrons. The predicted octanol–water partition coefficient (Wildman–Crippen LogP) is 2.45. The number of hydrogen-bond acceptors (Lipinski definition) is 3. The molecule has 3 heteroatoms. The van der Waals surface area contributed by atoms with Crippen LogP contribution in [0.2, 0.25) is 0 Å². The van der Waals surface area contributed by atoms with Crippen LogP contribution in [0.3, 0.4) is 0 Å². The second kappa shape index (κ2) is 10.4. The molecule has 3 nitrogen and oxygen atoms in total. The Kier molecular flexibility index (Phi) is 10.3. The van der Waals surface area contributed by atoms with E-state index < -0.39 is 12.4 Å². The molecule has 0 rings (SSSR count). The Balaban J connectivity index is 3.34. The van der Waals surface area contributed by atoms with Gasteiger partial charge in [0.2, 0.25) is 0 Å². The summed E-state index contributed by atoms with van der Waals surface area (Å²) >= 11 is 0. The van der Waals surface area contributed by atoms with E-state index >= 15 is 0 Å².